The van der Waals surface area contributed by atoms with Crippen LogP contribution in [-0.4, -0.2) is 23.0 Å². The molecule has 6 heteroatoms. The molecule has 0 aromatic heterocycles. The number of carbonyl (C=O) groups is 2. The molecule has 108 valence electrons. The molecule has 1 atom stereocenters. The molecule has 1 aliphatic carbocycles. The van der Waals surface area contributed by atoms with Crippen molar-refractivity contribution in [2.75, 3.05) is 0 Å². The van der Waals surface area contributed by atoms with Gasteiger partial charge in [-0.2, -0.15) is 0 Å². The zero-order chi connectivity index (χ0) is 14.9. The fraction of sp³-hybridized carbons (Fsp3) is 0.429. The van der Waals surface area contributed by atoms with E-state index in [2.05, 4.69) is 5.32 Å². The van der Waals surface area contributed by atoms with Gasteiger partial charge in [-0.05, 0) is 43.9 Å². The Morgan fingerprint density at radius 1 is 1.50 bits per heavy atom. The van der Waals surface area contributed by atoms with Crippen LogP contribution in [0.25, 0.3) is 0 Å². The molecule has 1 unspecified atom stereocenters. The van der Waals surface area contributed by atoms with Gasteiger partial charge in [-0.25, -0.2) is 4.39 Å². The van der Waals surface area contributed by atoms with Gasteiger partial charge in [0.15, 0.2) is 0 Å². The van der Waals surface area contributed by atoms with Crippen molar-refractivity contribution < 1.29 is 19.1 Å². The van der Waals surface area contributed by atoms with E-state index in [9.17, 15) is 19.1 Å². The number of halogens is 2. The average Bonchev–Trinajstić information content (AvgIpc) is 3.16. The van der Waals surface area contributed by atoms with Crippen LogP contribution in [0.4, 0.5) is 4.39 Å². The lowest BCUT2D eigenvalue weighted by molar-refractivity contribution is -0.154. The van der Waals surface area contributed by atoms with E-state index >= 15 is 0 Å². The first-order chi connectivity index (χ1) is 9.33. The van der Waals surface area contributed by atoms with Crippen molar-refractivity contribution in [3.05, 3.63) is 34.6 Å². The third-order valence-corrected chi connectivity index (χ3v) is 3.80. The standard InChI is InChI=1S/C14H15ClFNO3/c1-14(13(19)20,12(18)17-10-4-5-10)7-8-2-3-9(16)6-11(8)15/h2-3,6,10H,4-5,7H2,1H3,(H,17,18)(H,19,20). The number of nitrogens with one attached hydrogen (secondary N) is 1. The van der Waals surface area contributed by atoms with Gasteiger partial charge in [0.25, 0.3) is 0 Å². The van der Waals surface area contributed by atoms with Crippen LogP contribution in [0.5, 0.6) is 0 Å². The fourth-order valence-corrected chi connectivity index (χ4v) is 2.11. The number of rotatable bonds is 5. The number of carboxylic acids is 1. The van der Waals surface area contributed by atoms with E-state index in [0.29, 0.717) is 5.56 Å². The van der Waals surface area contributed by atoms with E-state index in [4.69, 9.17) is 11.6 Å². The summed E-state index contributed by atoms with van der Waals surface area (Å²) in [5.41, 5.74) is -1.19. The Hall–Kier alpha value is -1.62. The lowest BCUT2D eigenvalue weighted by Crippen LogP contribution is -2.46. The van der Waals surface area contributed by atoms with Crippen molar-refractivity contribution in [1.29, 1.82) is 0 Å². The Balaban J connectivity index is 2.23. The number of benzene rings is 1. The fourth-order valence-electron chi connectivity index (χ4n) is 1.87. The molecule has 0 spiro atoms. The smallest absolute Gasteiger partial charge is 0.319 e. The van der Waals surface area contributed by atoms with Crippen LogP contribution < -0.4 is 5.32 Å². The highest BCUT2D eigenvalue weighted by atomic mass is 35.5. The summed E-state index contributed by atoms with van der Waals surface area (Å²) < 4.78 is 13.0. The minimum absolute atomic E-state index is 0.0739. The topological polar surface area (TPSA) is 66.4 Å². The van der Waals surface area contributed by atoms with Gasteiger partial charge in [-0.1, -0.05) is 17.7 Å². The normalized spacial score (nSPS) is 17.4. The Labute approximate surface area is 120 Å². The highest BCUT2D eigenvalue weighted by Gasteiger charge is 2.43. The maximum Gasteiger partial charge on any atom is 0.319 e. The number of carbonyl (C=O) groups excluding carboxylic acids is 1. The molecule has 1 aromatic carbocycles. The zero-order valence-corrected chi connectivity index (χ0v) is 11.7. The van der Waals surface area contributed by atoms with E-state index in [1.165, 1.54) is 19.1 Å². The largest absolute Gasteiger partial charge is 0.480 e. The lowest BCUT2D eigenvalue weighted by atomic mass is 9.82. The monoisotopic (exact) mass is 299 g/mol. The quantitative estimate of drug-likeness (QED) is 0.820. The van der Waals surface area contributed by atoms with E-state index in [0.717, 1.165) is 18.9 Å². The molecule has 0 heterocycles. The van der Waals surface area contributed by atoms with Crippen LogP contribution in [0.15, 0.2) is 18.2 Å². The molecule has 0 saturated heterocycles. The molecule has 1 aliphatic rings. The van der Waals surface area contributed by atoms with Gasteiger partial charge in [-0.3, -0.25) is 9.59 Å². The predicted molar refractivity (Wildman–Crippen MR) is 72.0 cm³/mol. The third-order valence-electron chi connectivity index (χ3n) is 3.44. The predicted octanol–water partition coefficient (Wildman–Crippen LogP) is 2.39. The summed E-state index contributed by atoms with van der Waals surface area (Å²) in [7, 11) is 0. The summed E-state index contributed by atoms with van der Waals surface area (Å²) in [6.45, 7) is 1.35. The number of hydrogen-bond acceptors (Lipinski definition) is 2. The van der Waals surface area contributed by atoms with Gasteiger partial charge < -0.3 is 10.4 Å². The van der Waals surface area contributed by atoms with Crippen LogP contribution in [0, 0.1) is 11.2 Å². The van der Waals surface area contributed by atoms with E-state index in [1.807, 2.05) is 0 Å². The molecule has 0 radical (unpaired) electrons. The first kappa shape index (κ1) is 14.8. The highest BCUT2D eigenvalue weighted by molar-refractivity contribution is 6.31. The van der Waals surface area contributed by atoms with Gasteiger partial charge in [0.05, 0.1) is 0 Å². The van der Waals surface area contributed by atoms with Crippen LogP contribution >= 0.6 is 11.6 Å². The first-order valence-corrected chi connectivity index (χ1v) is 6.69. The van der Waals surface area contributed by atoms with Crippen LogP contribution in [-0.2, 0) is 16.0 Å². The molecule has 20 heavy (non-hydrogen) atoms. The first-order valence-electron chi connectivity index (χ1n) is 6.31. The maximum atomic E-state index is 13.0. The van der Waals surface area contributed by atoms with E-state index in [-0.39, 0.29) is 17.5 Å². The molecule has 1 amide bonds. The van der Waals surface area contributed by atoms with Crippen molar-refractivity contribution >= 4 is 23.5 Å². The Kier molecular flexibility index (Phi) is 3.99. The number of amides is 1. The van der Waals surface area contributed by atoms with Crippen molar-refractivity contribution in [3.63, 3.8) is 0 Å². The highest BCUT2D eigenvalue weighted by Crippen LogP contribution is 2.30. The second kappa shape index (κ2) is 5.40. The second-order valence-electron chi connectivity index (χ2n) is 5.30. The van der Waals surface area contributed by atoms with Crippen molar-refractivity contribution in [3.8, 4) is 0 Å². The van der Waals surface area contributed by atoms with Gasteiger partial charge in [0.2, 0.25) is 5.91 Å². The minimum Gasteiger partial charge on any atom is -0.480 e. The van der Waals surface area contributed by atoms with Gasteiger partial charge in [0, 0.05) is 11.1 Å². The van der Waals surface area contributed by atoms with Crippen LogP contribution in [0.2, 0.25) is 5.02 Å². The van der Waals surface area contributed by atoms with Crippen molar-refractivity contribution in [2.24, 2.45) is 5.41 Å². The SMILES string of the molecule is CC(Cc1ccc(F)cc1Cl)(C(=O)O)C(=O)NC1CC1. The zero-order valence-electron chi connectivity index (χ0n) is 11.0. The summed E-state index contributed by atoms with van der Waals surface area (Å²) in [5, 5.41) is 12.2. The van der Waals surface area contributed by atoms with E-state index < -0.39 is 23.1 Å². The second-order valence-corrected chi connectivity index (χ2v) is 5.70. The molecule has 2 rings (SSSR count). The molecular weight excluding hydrogens is 285 g/mol. The number of hydrogen-bond donors (Lipinski definition) is 2. The number of carboxylic acid groups (broad SMARTS) is 1. The van der Waals surface area contributed by atoms with Crippen molar-refractivity contribution in [2.45, 2.75) is 32.2 Å². The maximum absolute atomic E-state index is 13.0. The minimum atomic E-state index is -1.62. The van der Waals surface area contributed by atoms with Crippen LogP contribution in [0.1, 0.15) is 25.3 Å². The number of aliphatic carboxylic acids is 1. The molecule has 1 saturated carbocycles. The Morgan fingerprint density at radius 2 is 2.15 bits per heavy atom. The summed E-state index contributed by atoms with van der Waals surface area (Å²) in [4.78, 5) is 23.6. The molecule has 4 nitrogen and oxygen atoms in total. The van der Waals surface area contributed by atoms with Crippen LogP contribution in [0.3, 0.4) is 0 Å². The van der Waals surface area contributed by atoms with E-state index in [1.54, 1.807) is 0 Å². The average molecular weight is 300 g/mol. The summed E-state index contributed by atoms with van der Waals surface area (Å²) in [5.74, 6) is -2.26. The van der Waals surface area contributed by atoms with Gasteiger partial charge in [-0.15, -0.1) is 0 Å². The summed E-state index contributed by atoms with van der Waals surface area (Å²) in [6.07, 6.45) is 1.66. The molecular formula is C14H15ClFNO3. The summed E-state index contributed by atoms with van der Waals surface area (Å²) in [6, 6.07) is 3.79. The molecule has 1 aromatic rings. The summed E-state index contributed by atoms with van der Waals surface area (Å²) >= 11 is 5.90. The molecule has 1 fully saturated rings. The van der Waals surface area contributed by atoms with Crippen molar-refractivity contribution in [1.82, 2.24) is 5.32 Å². The third kappa shape index (κ3) is 3.10. The van der Waals surface area contributed by atoms with Gasteiger partial charge in [0.1, 0.15) is 11.2 Å². The lowest BCUT2D eigenvalue weighted by Gasteiger charge is -2.24. The Morgan fingerprint density at radius 3 is 2.65 bits per heavy atom. The Bertz CT molecular complexity index is 559. The van der Waals surface area contributed by atoms with Gasteiger partial charge >= 0.3 is 5.97 Å². The molecule has 2 N–H and O–H groups in total. The molecule has 0 bridgehead atoms. The molecule has 0 aliphatic heterocycles.